The first-order chi connectivity index (χ1) is 6.45. The normalized spacial score (nSPS) is 13.3. The van der Waals surface area contributed by atoms with Gasteiger partial charge in [-0.15, -0.1) is 0 Å². The van der Waals surface area contributed by atoms with Crippen molar-refractivity contribution >= 4 is 0 Å². The average Bonchev–Trinajstić information content (AvgIpc) is 2.25. The highest BCUT2D eigenvalue weighted by Gasteiger charge is 2.28. The van der Waals surface area contributed by atoms with Crippen LogP contribution in [0.25, 0.3) is 0 Å². The largest absolute Gasteiger partial charge is 0.230 e. The summed E-state index contributed by atoms with van der Waals surface area (Å²) in [5, 5.41) is 0. The van der Waals surface area contributed by atoms with Gasteiger partial charge in [-0.1, -0.05) is 27.7 Å². The summed E-state index contributed by atoms with van der Waals surface area (Å²) >= 11 is 0. The van der Waals surface area contributed by atoms with Gasteiger partial charge in [-0.25, -0.2) is 9.78 Å². The van der Waals surface area contributed by atoms with Crippen LogP contribution in [0.15, 0.2) is 0 Å². The van der Waals surface area contributed by atoms with Crippen LogP contribution in [0.2, 0.25) is 0 Å². The Morgan fingerprint density at radius 1 is 0.643 bits per heavy atom. The fourth-order valence-corrected chi connectivity index (χ4v) is 0.937. The van der Waals surface area contributed by atoms with E-state index in [1.165, 1.54) is 0 Å². The molecule has 0 aromatic carbocycles. The summed E-state index contributed by atoms with van der Waals surface area (Å²) in [4.78, 5) is 11.1. The third-order valence-electron chi connectivity index (χ3n) is 3.44. The van der Waals surface area contributed by atoms with E-state index in [9.17, 15) is 0 Å². The van der Waals surface area contributed by atoms with E-state index in [0.29, 0.717) is 0 Å². The van der Waals surface area contributed by atoms with Gasteiger partial charge in [-0.3, -0.25) is 0 Å². The van der Waals surface area contributed by atoms with Crippen LogP contribution in [0.1, 0.15) is 67.2 Å². The first-order valence-corrected chi connectivity index (χ1v) is 5.82. The molecule has 0 bridgehead atoms. The van der Waals surface area contributed by atoms with Crippen molar-refractivity contribution in [1.29, 1.82) is 0 Å². The molecule has 0 radical (unpaired) electrons. The van der Waals surface area contributed by atoms with Gasteiger partial charge in [0.05, 0.1) is 0 Å². The Labute approximate surface area is 88.9 Å². The van der Waals surface area contributed by atoms with E-state index < -0.39 is 0 Å². The molecule has 0 aliphatic carbocycles. The number of rotatable bonds is 7. The van der Waals surface area contributed by atoms with Gasteiger partial charge in [0.2, 0.25) is 0 Å². The molecule has 14 heavy (non-hydrogen) atoms. The molecular formula is C12H26O2. The summed E-state index contributed by atoms with van der Waals surface area (Å²) in [5.74, 6) is 0. The van der Waals surface area contributed by atoms with Crippen molar-refractivity contribution in [2.75, 3.05) is 0 Å². The highest BCUT2D eigenvalue weighted by atomic mass is 17.2. The van der Waals surface area contributed by atoms with E-state index in [1.54, 1.807) is 0 Å². The second-order valence-electron chi connectivity index (χ2n) is 4.48. The summed E-state index contributed by atoms with van der Waals surface area (Å²) in [6.07, 6.45) is 3.92. The van der Waals surface area contributed by atoms with E-state index in [2.05, 4.69) is 41.5 Å². The van der Waals surface area contributed by atoms with Gasteiger partial charge >= 0.3 is 0 Å². The second-order valence-corrected chi connectivity index (χ2v) is 4.48. The molecule has 0 rings (SSSR count). The molecule has 0 unspecified atom stereocenters. The van der Waals surface area contributed by atoms with Crippen molar-refractivity contribution in [3.8, 4) is 0 Å². The quantitative estimate of drug-likeness (QED) is 0.457. The summed E-state index contributed by atoms with van der Waals surface area (Å²) in [6.45, 7) is 12.7. The van der Waals surface area contributed by atoms with Gasteiger partial charge in [-0.2, -0.15) is 0 Å². The molecule has 0 aromatic rings. The predicted octanol–water partition coefficient (Wildman–Crippen LogP) is 4.09. The van der Waals surface area contributed by atoms with Crippen LogP contribution in [-0.4, -0.2) is 11.2 Å². The van der Waals surface area contributed by atoms with E-state index in [-0.39, 0.29) is 11.2 Å². The molecule has 0 aliphatic heterocycles. The maximum absolute atomic E-state index is 5.57. The standard InChI is InChI=1S/C12H26O2/c1-7-11(5,8-2)13-14-12(6,9-3)10-4/h7-10H2,1-6H3. The molecule has 0 heterocycles. The highest BCUT2D eigenvalue weighted by molar-refractivity contribution is 4.72. The van der Waals surface area contributed by atoms with Crippen molar-refractivity contribution in [3.05, 3.63) is 0 Å². The summed E-state index contributed by atoms with van der Waals surface area (Å²) in [7, 11) is 0. The highest BCUT2D eigenvalue weighted by Crippen LogP contribution is 2.26. The van der Waals surface area contributed by atoms with E-state index in [4.69, 9.17) is 9.78 Å². The van der Waals surface area contributed by atoms with Crippen molar-refractivity contribution in [1.82, 2.24) is 0 Å². The Bertz CT molecular complexity index is 128. The van der Waals surface area contributed by atoms with Crippen LogP contribution in [0.4, 0.5) is 0 Å². The zero-order valence-electron chi connectivity index (χ0n) is 10.6. The Hall–Kier alpha value is -0.0800. The lowest BCUT2D eigenvalue weighted by atomic mass is 10.00. The molecule has 86 valence electrons. The van der Waals surface area contributed by atoms with E-state index in [1.807, 2.05) is 0 Å². The molecule has 0 atom stereocenters. The molecule has 2 nitrogen and oxygen atoms in total. The molecular weight excluding hydrogens is 176 g/mol. The monoisotopic (exact) mass is 202 g/mol. The third kappa shape index (κ3) is 3.97. The predicted molar refractivity (Wildman–Crippen MR) is 60.1 cm³/mol. The fraction of sp³-hybridized carbons (Fsp3) is 1.00. The molecule has 0 spiro atoms. The summed E-state index contributed by atoms with van der Waals surface area (Å²) in [5.41, 5.74) is -0.267. The van der Waals surface area contributed by atoms with Crippen LogP contribution in [0.5, 0.6) is 0 Å². The molecule has 0 amide bonds. The van der Waals surface area contributed by atoms with Crippen LogP contribution in [0, 0.1) is 0 Å². The van der Waals surface area contributed by atoms with Crippen LogP contribution in [-0.2, 0) is 9.78 Å². The van der Waals surface area contributed by atoms with Crippen molar-refractivity contribution < 1.29 is 9.78 Å². The van der Waals surface area contributed by atoms with Gasteiger partial charge < -0.3 is 0 Å². The minimum atomic E-state index is -0.133. The Kier molecular flexibility index (Phi) is 5.68. The first kappa shape index (κ1) is 13.9. The molecule has 0 saturated carbocycles. The minimum Gasteiger partial charge on any atom is -0.230 e. The zero-order valence-corrected chi connectivity index (χ0v) is 10.6. The molecule has 2 heteroatoms. The van der Waals surface area contributed by atoms with Gasteiger partial charge in [0.1, 0.15) is 11.2 Å². The lowest BCUT2D eigenvalue weighted by molar-refractivity contribution is -0.409. The number of hydrogen-bond acceptors (Lipinski definition) is 2. The molecule has 0 aromatic heterocycles. The molecule has 0 fully saturated rings. The maximum atomic E-state index is 5.57. The van der Waals surface area contributed by atoms with Crippen molar-refractivity contribution in [3.63, 3.8) is 0 Å². The van der Waals surface area contributed by atoms with Gasteiger partial charge in [0.15, 0.2) is 0 Å². The van der Waals surface area contributed by atoms with Gasteiger partial charge in [0.25, 0.3) is 0 Å². The average molecular weight is 202 g/mol. The van der Waals surface area contributed by atoms with E-state index >= 15 is 0 Å². The maximum Gasteiger partial charge on any atom is 0.100 e. The van der Waals surface area contributed by atoms with E-state index in [0.717, 1.165) is 25.7 Å². The lowest BCUT2D eigenvalue weighted by Crippen LogP contribution is -2.35. The van der Waals surface area contributed by atoms with Crippen molar-refractivity contribution in [2.24, 2.45) is 0 Å². The lowest BCUT2D eigenvalue weighted by Gasteiger charge is -2.32. The topological polar surface area (TPSA) is 18.5 Å². The SMILES string of the molecule is CCC(C)(CC)OOC(C)(CC)CC. The second kappa shape index (κ2) is 5.72. The van der Waals surface area contributed by atoms with Crippen LogP contribution < -0.4 is 0 Å². The number of hydrogen-bond donors (Lipinski definition) is 0. The Morgan fingerprint density at radius 3 is 1.00 bits per heavy atom. The Morgan fingerprint density at radius 2 is 0.857 bits per heavy atom. The third-order valence-corrected chi connectivity index (χ3v) is 3.44. The molecule has 0 saturated heterocycles. The fourth-order valence-electron chi connectivity index (χ4n) is 0.937. The summed E-state index contributed by atoms with van der Waals surface area (Å²) < 4.78 is 0. The molecule has 0 N–H and O–H groups in total. The van der Waals surface area contributed by atoms with Gasteiger partial charge in [0, 0.05) is 0 Å². The van der Waals surface area contributed by atoms with Crippen LogP contribution >= 0.6 is 0 Å². The van der Waals surface area contributed by atoms with Crippen molar-refractivity contribution in [2.45, 2.75) is 78.4 Å². The summed E-state index contributed by atoms with van der Waals surface area (Å²) in [6, 6.07) is 0. The zero-order chi connectivity index (χ0) is 11.2. The smallest absolute Gasteiger partial charge is 0.100 e. The Balaban J connectivity index is 4.14. The van der Waals surface area contributed by atoms with Gasteiger partial charge in [-0.05, 0) is 39.5 Å². The van der Waals surface area contributed by atoms with Crippen LogP contribution in [0.3, 0.4) is 0 Å². The first-order valence-electron chi connectivity index (χ1n) is 5.82. The molecule has 0 aliphatic rings. The minimum absolute atomic E-state index is 0.133.